The third kappa shape index (κ3) is 5.14. The van der Waals surface area contributed by atoms with E-state index >= 15 is 0 Å². The molecule has 1 aromatic carbocycles. The number of nitrogens with one attached hydrogen (secondary N) is 1. The Balaban J connectivity index is 1.50. The fourth-order valence-corrected chi connectivity index (χ4v) is 6.43. The quantitative estimate of drug-likeness (QED) is 0.481. The average molecular weight is 576 g/mol. The topological polar surface area (TPSA) is 99.9 Å². The molecule has 0 bridgehead atoms. The van der Waals surface area contributed by atoms with Crippen LogP contribution in [-0.4, -0.2) is 59.7 Å². The number of benzene rings is 1. The van der Waals surface area contributed by atoms with Gasteiger partial charge in [-0.15, -0.1) is 5.10 Å². The molecule has 2 fully saturated rings. The van der Waals surface area contributed by atoms with Crippen molar-refractivity contribution >= 4 is 43.3 Å². The van der Waals surface area contributed by atoms with Crippen molar-refractivity contribution in [3.05, 3.63) is 57.8 Å². The Morgan fingerprint density at radius 1 is 1.14 bits per heavy atom. The molecule has 4 heterocycles. The van der Waals surface area contributed by atoms with Gasteiger partial charge in [-0.05, 0) is 62.3 Å². The standard InChI is InChI=1S/C25H31BrN6O3S/c1-17-15-22-27-20(16-32(22)28-24(17)30-12-7-8-13-30)21-11-5-6-14-31(21)25(33)23(29-36(2,34)35)18-9-3-4-10-19(18)26/h3-4,9-10,15-16,21,23,29H,5-8,11-14H2,1-2H3/t21-,23?/m0/s1. The van der Waals surface area contributed by atoms with E-state index in [9.17, 15) is 13.2 Å². The van der Waals surface area contributed by atoms with Gasteiger partial charge in [0.15, 0.2) is 11.5 Å². The number of aromatic nitrogens is 3. The highest BCUT2D eigenvalue weighted by Crippen LogP contribution is 2.35. The second kappa shape index (κ2) is 10.1. The highest BCUT2D eigenvalue weighted by atomic mass is 79.9. The van der Waals surface area contributed by atoms with Crippen molar-refractivity contribution < 1.29 is 13.2 Å². The number of amides is 1. The fourth-order valence-electron chi connectivity index (χ4n) is 5.26. The van der Waals surface area contributed by atoms with Gasteiger partial charge in [0.05, 0.1) is 24.2 Å². The number of halogens is 1. The molecule has 9 nitrogen and oxygen atoms in total. The summed E-state index contributed by atoms with van der Waals surface area (Å²) in [7, 11) is -3.65. The van der Waals surface area contributed by atoms with Crippen molar-refractivity contribution in [2.75, 3.05) is 30.8 Å². The maximum absolute atomic E-state index is 13.9. The number of hydrogen-bond donors (Lipinski definition) is 1. The lowest BCUT2D eigenvalue weighted by atomic mass is 9.97. The number of fused-ring (bicyclic) bond motifs is 1. The molecule has 36 heavy (non-hydrogen) atoms. The Bertz CT molecular complexity index is 1390. The van der Waals surface area contributed by atoms with Gasteiger partial charge >= 0.3 is 0 Å². The van der Waals surface area contributed by atoms with E-state index in [1.54, 1.807) is 23.1 Å². The largest absolute Gasteiger partial charge is 0.355 e. The number of imidazole rings is 1. The number of anilines is 1. The van der Waals surface area contributed by atoms with E-state index in [4.69, 9.17) is 10.1 Å². The molecule has 1 amide bonds. The molecule has 2 aliphatic heterocycles. The van der Waals surface area contributed by atoms with Crippen molar-refractivity contribution in [3.8, 4) is 0 Å². The van der Waals surface area contributed by atoms with Crippen molar-refractivity contribution in [1.82, 2.24) is 24.2 Å². The van der Waals surface area contributed by atoms with Gasteiger partial charge in [-0.1, -0.05) is 34.1 Å². The van der Waals surface area contributed by atoms with Crippen LogP contribution in [0.1, 0.15) is 61.0 Å². The first kappa shape index (κ1) is 25.2. The van der Waals surface area contributed by atoms with Crippen LogP contribution in [0.3, 0.4) is 0 Å². The van der Waals surface area contributed by atoms with Gasteiger partial charge in [0.25, 0.3) is 0 Å². The van der Waals surface area contributed by atoms with Crippen molar-refractivity contribution in [2.24, 2.45) is 0 Å². The van der Waals surface area contributed by atoms with E-state index in [0.29, 0.717) is 16.6 Å². The lowest BCUT2D eigenvalue weighted by molar-refractivity contribution is -0.137. The molecule has 2 aliphatic rings. The number of hydrogen-bond acceptors (Lipinski definition) is 6. The molecule has 2 saturated heterocycles. The summed E-state index contributed by atoms with van der Waals surface area (Å²) < 4.78 is 29.5. The van der Waals surface area contributed by atoms with E-state index in [2.05, 4.69) is 32.5 Å². The highest BCUT2D eigenvalue weighted by Gasteiger charge is 2.36. The number of aryl methyl sites for hydroxylation is 1. The molecule has 0 saturated carbocycles. The molecule has 0 aliphatic carbocycles. The van der Waals surface area contributed by atoms with Crippen LogP contribution in [0.5, 0.6) is 0 Å². The number of nitrogens with zero attached hydrogens (tertiary/aromatic N) is 5. The van der Waals surface area contributed by atoms with Crippen molar-refractivity contribution in [1.29, 1.82) is 0 Å². The first-order valence-corrected chi connectivity index (χ1v) is 15.0. The van der Waals surface area contributed by atoms with Crippen LogP contribution in [-0.2, 0) is 14.8 Å². The predicted octanol–water partition coefficient (Wildman–Crippen LogP) is 3.74. The Kier molecular flexibility index (Phi) is 7.06. The van der Waals surface area contributed by atoms with Crippen molar-refractivity contribution in [3.63, 3.8) is 0 Å². The summed E-state index contributed by atoms with van der Waals surface area (Å²) in [5, 5.41) is 4.86. The molecule has 0 spiro atoms. The Morgan fingerprint density at radius 3 is 2.58 bits per heavy atom. The number of rotatable bonds is 6. The summed E-state index contributed by atoms with van der Waals surface area (Å²) in [5.41, 5.74) is 3.20. The van der Waals surface area contributed by atoms with Crippen LogP contribution in [0.2, 0.25) is 0 Å². The summed E-state index contributed by atoms with van der Waals surface area (Å²) in [5.74, 6) is 0.697. The zero-order valence-corrected chi connectivity index (χ0v) is 22.9. The third-order valence-corrected chi connectivity index (χ3v) is 8.35. The summed E-state index contributed by atoms with van der Waals surface area (Å²) >= 11 is 3.49. The van der Waals surface area contributed by atoms with E-state index in [0.717, 1.165) is 61.3 Å². The zero-order valence-electron chi connectivity index (χ0n) is 20.5. The summed E-state index contributed by atoms with van der Waals surface area (Å²) in [6.45, 7) is 4.62. The number of carbonyl (C=O) groups is 1. The molecule has 1 N–H and O–H groups in total. The van der Waals surface area contributed by atoms with E-state index in [1.165, 1.54) is 12.8 Å². The lowest BCUT2D eigenvalue weighted by Gasteiger charge is -2.37. The molecule has 3 aromatic rings. The number of carbonyl (C=O) groups excluding carboxylic acids is 1. The van der Waals surface area contributed by atoms with Gasteiger partial charge in [0.2, 0.25) is 15.9 Å². The van der Waals surface area contributed by atoms with Gasteiger partial charge in [-0.2, -0.15) is 4.72 Å². The summed E-state index contributed by atoms with van der Waals surface area (Å²) in [6, 6.07) is 7.97. The second-order valence-electron chi connectivity index (χ2n) is 9.70. The van der Waals surface area contributed by atoms with Crippen LogP contribution in [0, 0.1) is 6.92 Å². The summed E-state index contributed by atoms with van der Waals surface area (Å²) in [4.78, 5) is 22.9. The predicted molar refractivity (Wildman–Crippen MR) is 142 cm³/mol. The zero-order chi connectivity index (χ0) is 25.4. The summed E-state index contributed by atoms with van der Waals surface area (Å²) in [6.07, 6.45) is 7.92. The highest BCUT2D eigenvalue weighted by molar-refractivity contribution is 9.10. The number of piperidine rings is 1. The maximum atomic E-state index is 13.9. The van der Waals surface area contributed by atoms with Gasteiger partial charge in [-0.25, -0.2) is 17.9 Å². The van der Waals surface area contributed by atoms with Gasteiger partial charge in [0.1, 0.15) is 6.04 Å². The van der Waals surface area contributed by atoms with Crippen LogP contribution >= 0.6 is 15.9 Å². The molecule has 5 rings (SSSR count). The van der Waals surface area contributed by atoms with Gasteiger partial charge < -0.3 is 9.80 Å². The van der Waals surface area contributed by atoms with Gasteiger partial charge in [-0.3, -0.25) is 4.79 Å². The first-order valence-electron chi connectivity index (χ1n) is 12.4. The van der Waals surface area contributed by atoms with Crippen molar-refractivity contribution in [2.45, 2.75) is 51.1 Å². The second-order valence-corrected chi connectivity index (χ2v) is 12.3. The SMILES string of the molecule is Cc1cc2nc([C@@H]3CCCCN3C(=O)C(NS(C)(=O)=O)c3ccccc3Br)cn2nc1N1CCCC1. The minimum atomic E-state index is -3.65. The Morgan fingerprint density at radius 2 is 1.86 bits per heavy atom. The van der Waals surface area contributed by atoms with E-state index in [-0.39, 0.29) is 11.9 Å². The molecule has 2 atom stereocenters. The van der Waals surface area contributed by atoms with Crippen LogP contribution < -0.4 is 9.62 Å². The normalized spacial score (nSPS) is 19.7. The maximum Gasteiger partial charge on any atom is 0.245 e. The fraction of sp³-hybridized carbons (Fsp3) is 0.480. The van der Waals surface area contributed by atoms with E-state index in [1.807, 2.05) is 22.8 Å². The number of likely N-dealkylation sites (tertiary alicyclic amines) is 1. The molecule has 2 aromatic heterocycles. The number of sulfonamides is 1. The van der Waals surface area contributed by atoms with Crippen LogP contribution in [0.25, 0.3) is 5.65 Å². The monoisotopic (exact) mass is 574 g/mol. The van der Waals surface area contributed by atoms with Crippen LogP contribution in [0.4, 0.5) is 5.82 Å². The smallest absolute Gasteiger partial charge is 0.245 e. The molecule has 1 unspecified atom stereocenters. The average Bonchev–Trinajstić information content (AvgIpc) is 3.51. The Hall–Kier alpha value is -2.50. The third-order valence-electron chi connectivity index (χ3n) is 6.96. The molecule has 11 heteroatoms. The Labute approximate surface area is 220 Å². The van der Waals surface area contributed by atoms with E-state index < -0.39 is 16.1 Å². The molecular weight excluding hydrogens is 544 g/mol. The lowest BCUT2D eigenvalue weighted by Crippen LogP contribution is -2.46. The molecular formula is C25H31BrN6O3S. The van der Waals surface area contributed by atoms with Gasteiger partial charge in [0, 0.05) is 24.1 Å². The molecule has 0 radical (unpaired) electrons. The molecule has 192 valence electrons. The minimum absolute atomic E-state index is 0.255. The minimum Gasteiger partial charge on any atom is -0.355 e. The van der Waals surface area contributed by atoms with Crippen LogP contribution in [0.15, 0.2) is 41.0 Å². The first-order chi connectivity index (χ1) is 17.2.